The first-order valence-corrected chi connectivity index (χ1v) is 8.71. The van der Waals surface area contributed by atoms with Gasteiger partial charge in [-0.05, 0) is 5.56 Å². The molecule has 0 unspecified atom stereocenters. The number of hydrogen-bond donors (Lipinski definition) is 1. The standard InChI is InChI=1S/C21H25N5/c1-25(2)21(22-14-17-10-6-4-7-11-17)23-15-19-16-26(3)24-20(19)18-12-8-5-9-13-18/h4-13,16H,14-15H2,1-3H3,(H,22,23). The van der Waals surface area contributed by atoms with Crippen molar-refractivity contribution in [3.05, 3.63) is 78.0 Å². The van der Waals surface area contributed by atoms with E-state index in [0.29, 0.717) is 13.1 Å². The molecule has 3 rings (SSSR count). The maximum absolute atomic E-state index is 4.72. The van der Waals surface area contributed by atoms with Gasteiger partial charge in [-0.1, -0.05) is 60.7 Å². The van der Waals surface area contributed by atoms with Crippen LogP contribution < -0.4 is 5.32 Å². The molecule has 0 fully saturated rings. The molecular weight excluding hydrogens is 322 g/mol. The van der Waals surface area contributed by atoms with Crippen molar-refractivity contribution in [1.29, 1.82) is 0 Å². The quantitative estimate of drug-likeness (QED) is 0.569. The van der Waals surface area contributed by atoms with E-state index in [-0.39, 0.29) is 0 Å². The third-order valence-electron chi connectivity index (χ3n) is 4.07. The maximum atomic E-state index is 4.72. The maximum Gasteiger partial charge on any atom is 0.194 e. The average Bonchev–Trinajstić information content (AvgIpc) is 3.03. The molecule has 1 aromatic heterocycles. The summed E-state index contributed by atoms with van der Waals surface area (Å²) in [6, 6.07) is 20.5. The zero-order valence-corrected chi connectivity index (χ0v) is 15.6. The van der Waals surface area contributed by atoms with Crippen molar-refractivity contribution >= 4 is 5.96 Å². The van der Waals surface area contributed by atoms with Crippen LogP contribution in [0.2, 0.25) is 0 Å². The molecule has 0 aliphatic carbocycles. The molecule has 3 aromatic rings. The number of nitrogens with zero attached hydrogens (tertiary/aromatic N) is 4. The molecule has 26 heavy (non-hydrogen) atoms. The van der Waals surface area contributed by atoms with E-state index in [9.17, 15) is 0 Å². The second kappa shape index (κ2) is 8.34. The molecule has 0 aliphatic rings. The van der Waals surface area contributed by atoms with Gasteiger partial charge in [-0.3, -0.25) is 4.68 Å². The van der Waals surface area contributed by atoms with Crippen molar-refractivity contribution in [2.75, 3.05) is 14.1 Å². The molecule has 5 nitrogen and oxygen atoms in total. The summed E-state index contributed by atoms with van der Waals surface area (Å²) >= 11 is 0. The van der Waals surface area contributed by atoms with Gasteiger partial charge in [-0.15, -0.1) is 0 Å². The minimum atomic E-state index is 0.653. The molecule has 134 valence electrons. The Hall–Kier alpha value is -3.08. The molecule has 0 amide bonds. The highest BCUT2D eigenvalue weighted by molar-refractivity contribution is 5.79. The molecule has 0 aliphatic heterocycles. The predicted octanol–water partition coefficient (Wildman–Crippen LogP) is 3.29. The Balaban J connectivity index is 1.74. The third kappa shape index (κ3) is 4.51. The van der Waals surface area contributed by atoms with Crippen LogP contribution in [0.15, 0.2) is 71.9 Å². The van der Waals surface area contributed by atoms with Crippen molar-refractivity contribution in [2.24, 2.45) is 12.0 Å². The number of nitrogens with one attached hydrogen (secondary N) is 1. The molecule has 0 bridgehead atoms. The lowest BCUT2D eigenvalue weighted by Gasteiger charge is -2.17. The van der Waals surface area contributed by atoms with Crippen molar-refractivity contribution in [3.8, 4) is 11.3 Å². The number of aromatic nitrogens is 2. The van der Waals surface area contributed by atoms with Crippen molar-refractivity contribution in [1.82, 2.24) is 20.0 Å². The van der Waals surface area contributed by atoms with Crippen LogP contribution in [0.4, 0.5) is 0 Å². The number of aryl methyl sites for hydroxylation is 1. The van der Waals surface area contributed by atoms with E-state index in [1.807, 2.05) is 67.1 Å². The normalized spacial score (nSPS) is 11.4. The zero-order valence-electron chi connectivity index (χ0n) is 15.6. The monoisotopic (exact) mass is 347 g/mol. The lowest BCUT2D eigenvalue weighted by Crippen LogP contribution is -2.36. The van der Waals surface area contributed by atoms with Crippen molar-refractivity contribution < 1.29 is 0 Å². The van der Waals surface area contributed by atoms with Crippen LogP contribution in [0.1, 0.15) is 11.1 Å². The van der Waals surface area contributed by atoms with Crippen LogP contribution in [-0.4, -0.2) is 34.7 Å². The van der Waals surface area contributed by atoms with Gasteiger partial charge in [-0.2, -0.15) is 5.10 Å². The molecule has 0 radical (unpaired) electrons. The van der Waals surface area contributed by atoms with Crippen molar-refractivity contribution in [2.45, 2.75) is 13.1 Å². The van der Waals surface area contributed by atoms with Crippen LogP contribution in [0, 0.1) is 0 Å². The molecule has 1 heterocycles. The van der Waals surface area contributed by atoms with Gasteiger partial charge in [-0.25, -0.2) is 4.99 Å². The molecule has 5 heteroatoms. The molecular formula is C21H25N5. The van der Waals surface area contributed by atoms with Gasteiger partial charge < -0.3 is 10.2 Å². The number of benzene rings is 2. The Morgan fingerprint density at radius 3 is 2.35 bits per heavy atom. The Labute approximate surface area is 155 Å². The summed E-state index contributed by atoms with van der Waals surface area (Å²) in [6.45, 7) is 1.32. The minimum Gasteiger partial charge on any atom is -0.352 e. The zero-order chi connectivity index (χ0) is 18.4. The van der Waals surface area contributed by atoms with Crippen molar-refractivity contribution in [3.63, 3.8) is 0 Å². The molecule has 0 spiro atoms. The first-order valence-electron chi connectivity index (χ1n) is 8.71. The lowest BCUT2D eigenvalue weighted by molar-refractivity contribution is 0.579. The Kier molecular flexibility index (Phi) is 5.69. The Bertz CT molecular complexity index is 851. The highest BCUT2D eigenvalue weighted by Gasteiger charge is 2.11. The second-order valence-electron chi connectivity index (χ2n) is 6.42. The molecule has 1 N–H and O–H groups in total. The van der Waals surface area contributed by atoms with Crippen LogP contribution >= 0.6 is 0 Å². The molecule has 2 aromatic carbocycles. The van der Waals surface area contributed by atoms with E-state index >= 15 is 0 Å². The van der Waals surface area contributed by atoms with Gasteiger partial charge >= 0.3 is 0 Å². The summed E-state index contributed by atoms with van der Waals surface area (Å²) in [5, 5.41) is 8.07. The summed E-state index contributed by atoms with van der Waals surface area (Å²) in [7, 11) is 5.95. The fourth-order valence-corrected chi connectivity index (χ4v) is 2.79. The van der Waals surface area contributed by atoms with Gasteiger partial charge in [0.2, 0.25) is 0 Å². The van der Waals surface area contributed by atoms with Crippen LogP contribution in [-0.2, 0) is 20.1 Å². The highest BCUT2D eigenvalue weighted by atomic mass is 15.3. The number of aliphatic imine (C=N–C) groups is 1. The lowest BCUT2D eigenvalue weighted by atomic mass is 10.1. The number of hydrogen-bond acceptors (Lipinski definition) is 2. The molecule has 0 saturated carbocycles. The molecule has 0 atom stereocenters. The summed E-state index contributed by atoms with van der Waals surface area (Å²) in [5.74, 6) is 0.858. The Morgan fingerprint density at radius 2 is 1.69 bits per heavy atom. The Morgan fingerprint density at radius 1 is 1.04 bits per heavy atom. The fraction of sp³-hybridized carbons (Fsp3) is 0.238. The summed E-state index contributed by atoms with van der Waals surface area (Å²) in [5.41, 5.74) is 4.47. The summed E-state index contributed by atoms with van der Waals surface area (Å²) in [6.07, 6.45) is 2.06. The summed E-state index contributed by atoms with van der Waals surface area (Å²) in [4.78, 5) is 6.72. The van der Waals surface area contributed by atoms with Gasteiger partial charge in [0, 0.05) is 45.0 Å². The largest absolute Gasteiger partial charge is 0.352 e. The summed E-state index contributed by atoms with van der Waals surface area (Å²) < 4.78 is 1.86. The number of guanidine groups is 1. The van der Waals surface area contributed by atoms with E-state index < -0.39 is 0 Å². The highest BCUT2D eigenvalue weighted by Crippen LogP contribution is 2.21. The van der Waals surface area contributed by atoms with E-state index in [4.69, 9.17) is 4.99 Å². The van der Waals surface area contributed by atoms with Gasteiger partial charge in [0.1, 0.15) is 0 Å². The van der Waals surface area contributed by atoms with Crippen LogP contribution in [0.3, 0.4) is 0 Å². The third-order valence-corrected chi connectivity index (χ3v) is 4.07. The second-order valence-corrected chi connectivity index (χ2v) is 6.42. The first-order chi connectivity index (χ1) is 12.6. The van der Waals surface area contributed by atoms with Gasteiger partial charge in [0.25, 0.3) is 0 Å². The van der Waals surface area contributed by atoms with E-state index in [1.54, 1.807) is 0 Å². The van der Waals surface area contributed by atoms with Crippen LogP contribution in [0.5, 0.6) is 0 Å². The molecule has 0 saturated heterocycles. The average molecular weight is 347 g/mol. The number of rotatable bonds is 5. The minimum absolute atomic E-state index is 0.653. The smallest absolute Gasteiger partial charge is 0.194 e. The van der Waals surface area contributed by atoms with Gasteiger partial charge in [0.05, 0.1) is 12.2 Å². The predicted molar refractivity (Wildman–Crippen MR) is 107 cm³/mol. The van der Waals surface area contributed by atoms with Crippen LogP contribution in [0.25, 0.3) is 11.3 Å². The SMILES string of the molecule is CN(C)C(=NCc1ccccc1)NCc1cn(C)nc1-c1ccccc1. The fourth-order valence-electron chi connectivity index (χ4n) is 2.79. The topological polar surface area (TPSA) is 45.5 Å². The first kappa shape index (κ1) is 17.7. The van der Waals surface area contributed by atoms with E-state index in [1.165, 1.54) is 5.56 Å². The van der Waals surface area contributed by atoms with Gasteiger partial charge in [0.15, 0.2) is 5.96 Å². The van der Waals surface area contributed by atoms with E-state index in [0.717, 1.165) is 22.8 Å². The van der Waals surface area contributed by atoms with E-state index in [2.05, 4.69) is 40.9 Å².